The lowest BCUT2D eigenvalue weighted by Crippen LogP contribution is -2.70. The van der Waals surface area contributed by atoms with Crippen LogP contribution in [0.4, 0.5) is 20.7 Å². The standard InChI is InChI=1S/C27H29FN6O3/c1-3-5-22(18-6-4-7-19(28)16-18)32-27(37)34-24(26(36)33(2)20-9-11-30-12-10-20)21(25(34)35)14-17-8-13-31-23(29)15-17/h4,6-13,15-16,21-22,24H,3,5,14H2,1-2H3,(H2,29,31)(H,32,37)/t21-,22-,24+/m1/s1. The van der Waals surface area contributed by atoms with Gasteiger partial charge in [0.2, 0.25) is 5.91 Å². The molecule has 0 radical (unpaired) electrons. The first kappa shape index (κ1) is 25.7. The van der Waals surface area contributed by atoms with Crippen LogP contribution in [-0.4, -0.2) is 45.8 Å². The molecule has 0 saturated carbocycles. The molecule has 1 aliphatic rings. The Bertz CT molecular complexity index is 1290. The van der Waals surface area contributed by atoms with Crippen LogP contribution in [0.3, 0.4) is 0 Å². The zero-order chi connectivity index (χ0) is 26.5. The molecule has 3 aromatic rings. The van der Waals surface area contributed by atoms with Gasteiger partial charge in [-0.3, -0.25) is 19.5 Å². The van der Waals surface area contributed by atoms with Crippen LogP contribution in [0.5, 0.6) is 0 Å². The zero-order valence-corrected chi connectivity index (χ0v) is 20.7. The highest BCUT2D eigenvalue weighted by Crippen LogP contribution is 2.33. The minimum atomic E-state index is -1.03. The maximum Gasteiger partial charge on any atom is 0.325 e. The molecule has 37 heavy (non-hydrogen) atoms. The number of likely N-dealkylation sites (N-methyl/N-ethyl adjacent to an activating group) is 1. The fourth-order valence-corrected chi connectivity index (χ4v) is 4.58. The molecule has 0 aliphatic carbocycles. The van der Waals surface area contributed by atoms with Gasteiger partial charge in [-0.2, -0.15) is 0 Å². The SMILES string of the molecule is CCC[C@@H](NC(=O)N1C(=O)[C@H](Cc2ccnc(N)c2)[C@H]1C(=O)N(C)c1ccncc1)c1cccc(F)c1. The molecule has 4 amide bonds. The van der Waals surface area contributed by atoms with Gasteiger partial charge >= 0.3 is 6.03 Å². The predicted molar refractivity (Wildman–Crippen MR) is 137 cm³/mol. The van der Waals surface area contributed by atoms with Crippen molar-refractivity contribution in [3.05, 3.63) is 84.1 Å². The lowest BCUT2D eigenvalue weighted by atomic mass is 9.81. The average molecular weight is 505 g/mol. The summed E-state index contributed by atoms with van der Waals surface area (Å²) >= 11 is 0. The lowest BCUT2D eigenvalue weighted by Gasteiger charge is -2.46. The van der Waals surface area contributed by atoms with E-state index in [-0.39, 0.29) is 6.42 Å². The number of hydrogen-bond acceptors (Lipinski definition) is 6. The first-order valence-corrected chi connectivity index (χ1v) is 12.1. The Morgan fingerprint density at radius 3 is 2.59 bits per heavy atom. The molecule has 3 N–H and O–H groups in total. The molecule has 1 fully saturated rings. The number of carbonyl (C=O) groups excluding carboxylic acids is 3. The van der Waals surface area contributed by atoms with E-state index in [2.05, 4.69) is 15.3 Å². The Kier molecular flexibility index (Phi) is 7.76. The molecule has 1 aliphatic heterocycles. The van der Waals surface area contributed by atoms with Crippen LogP contribution in [-0.2, 0) is 16.0 Å². The molecule has 4 rings (SSSR count). The van der Waals surface area contributed by atoms with Crippen LogP contribution in [0.15, 0.2) is 67.1 Å². The number of nitrogens with zero attached hydrogens (tertiary/aromatic N) is 4. The number of β-lactam (4-membered cyclic amide) rings is 1. The molecule has 9 nitrogen and oxygen atoms in total. The number of likely N-dealkylation sites (tertiary alicyclic amines) is 1. The Hall–Kier alpha value is -4.34. The molecule has 0 spiro atoms. The fourth-order valence-electron chi connectivity index (χ4n) is 4.58. The molecule has 0 unspecified atom stereocenters. The van der Waals surface area contributed by atoms with Gasteiger partial charge in [0.15, 0.2) is 0 Å². The van der Waals surface area contributed by atoms with Crippen molar-refractivity contribution < 1.29 is 18.8 Å². The lowest BCUT2D eigenvalue weighted by molar-refractivity contribution is -0.156. The average Bonchev–Trinajstić information content (AvgIpc) is 2.89. The van der Waals surface area contributed by atoms with Crippen molar-refractivity contribution >= 4 is 29.4 Å². The molecule has 1 aromatic carbocycles. The van der Waals surface area contributed by atoms with Crippen molar-refractivity contribution in [2.24, 2.45) is 5.92 Å². The first-order chi connectivity index (χ1) is 17.8. The summed E-state index contributed by atoms with van der Waals surface area (Å²) in [6.07, 6.45) is 6.12. The maximum absolute atomic E-state index is 13.9. The van der Waals surface area contributed by atoms with Crippen molar-refractivity contribution in [1.82, 2.24) is 20.2 Å². The van der Waals surface area contributed by atoms with Crippen molar-refractivity contribution in [3.63, 3.8) is 0 Å². The van der Waals surface area contributed by atoms with Gasteiger partial charge in [-0.15, -0.1) is 0 Å². The van der Waals surface area contributed by atoms with Crippen molar-refractivity contribution in [1.29, 1.82) is 0 Å². The van der Waals surface area contributed by atoms with Crippen LogP contribution in [0.25, 0.3) is 0 Å². The summed E-state index contributed by atoms with van der Waals surface area (Å²) in [5, 5.41) is 2.84. The van der Waals surface area contributed by atoms with Gasteiger partial charge in [0.25, 0.3) is 5.91 Å². The summed E-state index contributed by atoms with van der Waals surface area (Å²) in [5.41, 5.74) is 7.69. The molecule has 192 valence electrons. The van der Waals surface area contributed by atoms with Crippen LogP contribution < -0.4 is 16.0 Å². The van der Waals surface area contributed by atoms with Crippen LogP contribution in [0, 0.1) is 11.7 Å². The summed E-state index contributed by atoms with van der Waals surface area (Å²) in [4.78, 5) is 50.6. The van der Waals surface area contributed by atoms with E-state index in [1.807, 2.05) is 6.92 Å². The third kappa shape index (κ3) is 5.58. The Balaban J connectivity index is 1.61. The number of carbonyl (C=O) groups is 3. The summed E-state index contributed by atoms with van der Waals surface area (Å²) in [7, 11) is 1.59. The van der Waals surface area contributed by atoms with Gasteiger partial charge in [0, 0.05) is 31.3 Å². The second-order valence-corrected chi connectivity index (χ2v) is 9.00. The largest absolute Gasteiger partial charge is 0.384 e. The van der Waals surface area contributed by atoms with Crippen molar-refractivity contribution in [2.45, 2.75) is 38.3 Å². The summed E-state index contributed by atoms with van der Waals surface area (Å²) in [6, 6.07) is 10.4. The molecule has 0 bridgehead atoms. The van der Waals surface area contributed by atoms with E-state index in [1.165, 1.54) is 23.2 Å². The normalized spacial score (nSPS) is 17.6. The number of anilines is 2. The third-order valence-electron chi connectivity index (χ3n) is 6.49. The van der Waals surface area contributed by atoms with E-state index in [1.54, 1.807) is 55.8 Å². The fraction of sp³-hybridized carbons (Fsp3) is 0.296. The number of halogens is 1. The number of hydrogen-bond donors (Lipinski definition) is 2. The Morgan fingerprint density at radius 2 is 1.92 bits per heavy atom. The van der Waals surface area contributed by atoms with E-state index in [9.17, 15) is 18.8 Å². The summed E-state index contributed by atoms with van der Waals surface area (Å²) < 4.78 is 13.9. The maximum atomic E-state index is 13.9. The van der Waals surface area contributed by atoms with Crippen molar-refractivity contribution in [3.8, 4) is 0 Å². The molecule has 3 heterocycles. The van der Waals surface area contributed by atoms with Crippen LogP contribution in [0.1, 0.15) is 36.9 Å². The smallest absolute Gasteiger partial charge is 0.325 e. The molecular weight excluding hydrogens is 475 g/mol. The number of urea groups is 1. The monoisotopic (exact) mass is 504 g/mol. The number of rotatable bonds is 8. The van der Waals surface area contributed by atoms with Gasteiger partial charge < -0.3 is 16.0 Å². The molecule has 10 heteroatoms. The van der Waals surface area contributed by atoms with Crippen LogP contribution in [0.2, 0.25) is 0 Å². The third-order valence-corrected chi connectivity index (χ3v) is 6.49. The molecule has 1 saturated heterocycles. The zero-order valence-electron chi connectivity index (χ0n) is 20.7. The Labute approximate surface area is 214 Å². The number of pyridine rings is 2. The summed E-state index contributed by atoms with van der Waals surface area (Å²) in [6.45, 7) is 1.94. The molecular formula is C27H29FN6O3. The number of nitrogens with one attached hydrogen (secondary N) is 1. The quantitative estimate of drug-likeness (QED) is 0.453. The van der Waals surface area contributed by atoms with Gasteiger partial charge in [-0.25, -0.2) is 14.2 Å². The van der Waals surface area contributed by atoms with E-state index < -0.39 is 41.7 Å². The number of aromatic nitrogens is 2. The second kappa shape index (κ2) is 11.2. The van der Waals surface area contributed by atoms with Gasteiger partial charge in [-0.05, 0) is 60.4 Å². The minimum Gasteiger partial charge on any atom is -0.384 e. The Morgan fingerprint density at radius 1 is 1.16 bits per heavy atom. The van der Waals surface area contributed by atoms with Crippen LogP contribution >= 0.6 is 0 Å². The number of benzene rings is 1. The van der Waals surface area contributed by atoms with E-state index >= 15 is 0 Å². The highest BCUT2D eigenvalue weighted by Gasteiger charge is 2.55. The van der Waals surface area contributed by atoms with E-state index in [0.29, 0.717) is 29.9 Å². The topological polar surface area (TPSA) is 122 Å². The number of imide groups is 1. The second-order valence-electron chi connectivity index (χ2n) is 9.00. The molecule has 3 atom stereocenters. The van der Waals surface area contributed by atoms with E-state index in [0.717, 1.165) is 10.5 Å². The number of amides is 4. The number of nitrogen functional groups attached to an aromatic ring is 1. The predicted octanol–water partition coefficient (Wildman–Crippen LogP) is 3.48. The number of nitrogens with two attached hydrogens (primary N) is 1. The van der Waals surface area contributed by atoms with Gasteiger partial charge in [-0.1, -0.05) is 25.5 Å². The first-order valence-electron chi connectivity index (χ1n) is 12.1. The highest BCUT2D eigenvalue weighted by molar-refractivity contribution is 6.12. The minimum absolute atomic E-state index is 0.220. The highest BCUT2D eigenvalue weighted by atomic mass is 19.1. The summed E-state index contributed by atoms with van der Waals surface area (Å²) in [5.74, 6) is -1.76. The molecule has 2 aromatic heterocycles. The van der Waals surface area contributed by atoms with Gasteiger partial charge in [0.05, 0.1) is 12.0 Å². The van der Waals surface area contributed by atoms with Crippen molar-refractivity contribution in [2.75, 3.05) is 17.7 Å². The van der Waals surface area contributed by atoms with E-state index in [4.69, 9.17) is 5.73 Å². The van der Waals surface area contributed by atoms with Gasteiger partial charge in [0.1, 0.15) is 17.7 Å².